The molecule has 0 fully saturated rings. The third kappa shape index (κ3) is 3.45. The lowest BCUT2D eigenvalue weighted by Gasteiger charge is -2.07. The molecule has 2 aromatic rings. The van der Waals surface area contributed by atoms with Gasteiger partial charge in [0, 0.05) is 18.9 Å². The topological polar surface area (TPSA) is 92.9 Å². The van der Waals surface area contributed by atoms with Crippen LogP contribution in [0.4, 0.5) is 10.8 Å². The van der Waals surface area contributed by atoms with Crippen molar-refractivity contribution in [3.05, 3.63) is 24.5 Å². The number of hydrogen-bond donors (Lipinski definition) is 3. The van der Waals surface area contributed by atoms with Gasteiger partial charge in [0.2, 0.25) is 5.91 Å². The van der Waals surface area contributed by atoms with Crippen LogP contribution in [0, 0.1) is 0 Å². The molecule has 106 valence electrons. The van der Waals surface area contributed by atoms with Crippen molar-refractivity contribution in [3.8, 4) is 11.1 Å². The fourth-order valence-electron chi connectivity index (χ4n) is 1.71. The number of carbonyl (C=O) groups excluding carboxylic acids is 1. The Balaban J connectivity index is 2.08. The predicted octanol–water partition coefficient (Wildman–Crippen LogP) is 1.73. The maximum Gasteiger partial charge on any atom is 0.239 e. The maximum atomic E-state index is 11.6. The smallest absolute Gasteiger partial charge is 0.239 e. The normalized spacial score (nSPS) is 10.2. The number of nitrogens with two attached hydrogens (primary N) is 1. The summed E-state index contributed by atoms with van der Waals surface area (Å²) >= 11 is 1.25. The fourth-order valence-corrected chi connectivity index (χ4v) is 2.44. The number of pyridine rings is 1. The molecule has 2 aromatic heterocycles. The lowest BCUT2D eigenvalue weighted by molar-refractivity contribution is -0.119. The third-order valence-electron chi connectivity index (χ3n) is 2.67. The number of amides is 1. The molecule has 2 heterocycles. The van der Waals surface area contributed by atoms with Gasteiger partial charge in [-0.2, -0.15) is 4.37 Å². The first-order valence-corrected chi connectivity index (χ1v) is 7.15. The SMILES string of the molecule is CCCNC(=O)CNc1snc(N)c1-c1ccncc1. The zero-order valence-corrected chi connectivity index (χ0v) is 12.0. The summed E-state index contributed by atoms with van der Waals surface area (Å²) in [5.41, 5.74) is 7.65. The van der Waals surface area contributed by atoms with E-state index in [-0.39, 0.29) is 12.5 Å². The first kappa shape index (κ1) is 14.3. The van der Waals surface area contributed by atoms with E-state index in [1.807, 2.05) is 19.1 Å². The molecule has 2 rings (SSSR count). The number of nitrogen functional groups attached to an aromatic ring is 1. The Morgan fingerprint density at radius 2 is 2.15 bits per heavy atom. The maximum absolute atomic E-state index is 11.6. The standard InChI is InChI=1S/C13H17N5OS/c1-2-5-16-10(19)8-17-13-11(12(14)18-20-13)9-3-6-15-7-4-9/h3-4,6-7,17H,2,5,8H2,1H3,(H2,14,18)(H,16,19). The van der Waals surface area contributed by atoms with Gasteiger partial charge >= 0.3 is 0 Å². The average molecular weight is 291 g/mol. The van der Waals surface area contributed by atoms with Crippen LogP contribution >= 0.6 is 11.5 Å². The summed E-state index contributed by atoms with van der Waals surface area (Å²) < 4.78 is 4.14. The van der Waals surface area contributed by atoms with Crippen LogP contribution in [-0.4, -0.2) is 28.4 Å². The summed E-state index contributed by atoms with van der Waals surface area (Å²) in [4.78, 5) is 15.6. The van der Waals surface area contributed by atoms with Gasteiger partial charge in [-0.05, 0) is 35.6 Å². The number of hydrogen-bond acceptors (Lipinski definition) is 6. The number of nitrogens with zero attached hydrogens (tertiary/aromatic N) is 2. The van der Waals surface area contributed by atoms with Crippen molar-refractivity contribution in [2.24, 2.45) is 0 Å². The molecule has 4 N–H and O–H groups in total. The fraction of sp³-hybridized carbons (Fsp3) is 0.308. The van der Waals surface area contributed by atoms with Gasteiger partial charge in [-0.25, -0.2) is 0 Å². The van der Waals surface area contributed by atoms with E-state index in [9.17, 15) is 4.79 Å². The summed E-state index contributed by atoms with van der Waals surface area (Å²) in [5.74, 6) is 0.414. The van der Waals surface area contributed by atoms with Gasteiger partial charge < -0.3 is 16.4 Å². The lowest BCUT2D eigenvalue weighted by Crippen LogP contribution is -2.30. The Hall–Kier alpha value is -2.15. The van der Waals surface area contributed by atoms with Gasteiger partial charge in [0.25, 0.3) is 0 Å². The Kier molecular flexibility index (Phi) is 4.89. The van der Waals surface area contributed by atoms with Gasteiger partial charge in [-0.15, -0.1) is 0 Å². The number of anilines is 2. The van der Waals surface area contributed by atoms with Crippen molar-refractivity contribution in [1.29, 1.82) is 0 Å². The van der Waals surface area contributed by atoms with E-state index in [0.717, 1.165) is 22.5 Å². The van der Waals surface area contributed by atoms with Crippen LogP contribution in [0.3, 0.4) is 0 Å². The molecule has 0 spiro atoms. The van der Waals surface area contributed by atoms with Gasteiger partial charge in [0.05, 0.1) is 12.1 Å². The summed E-state index contributed by atoms with van der Waals surface area (Å²) in [5, 5.41) is 6.69. The monoisotopic (exact) mass is 291 g/mol. The molecule has 0 aliphatic rings. The average Bonchev–Trinajstić information content (AvgIpc) is 2.84. The van der Waals surface area contributed by atoms with Gasteiger partial charge in [0.1, 0.15) is 10.8 Å². The molecule has 7 heteroatoms. The van der Waals surface area contributed by atoms with Crippen LogP contribution in [0.15, 0.2) is 24.5 Å². The second kappa shape index (κ2) is 6.85. The zero-order valence-electron chi connectivity index (χ0n) is 11.2. The Morgan fingerprint density at radius 1 is 1.40 bits per heavy atom. The highest BCUT2D eigenvalue weighted by molar-refractivity contribution is 7.11. The number of rotatable bonds is 6. The molecule has 0 aliphatic heterocycles. The van der Waals surface area contributed by atoms with E-state index in [1.165, 1.54) is 11.5 Å². The molecular formula is C13H17N5OS. The Bertz CT molecular complexity index is 569. The van der Waals surface area contributed by atoms with Crippen LogP contribution in [0.1, 0.15) is 13.3 Å². The minimum Gasteiger partial charge on any atom is -0.382 e. The molecule has 0 radical (unpaired) electrons. The van der Waals surface area contributed by atoms with Crippen LogP contribution < -0.4 is 16.4 Å². The molecule has 1 amide bonds. The van der Waals surface area contributed by atoms with E-state index >= 15 is 0 Å². The van der Waals surface area contributed by atoms with Crippen LogP contribution in [-0.2, 0) is 4.79 Å². The summed E-state index contributed by atoms with van der Waals surface area (Å²) in [6.07, 6.45) is 4.32. The molecule has 6 nitrogen and oxygen atoms in total. The minimum atomic E-state index is -0.0421. The summed E-state index contributed by atoms with van der Waals surface area (Å²) in [6.45, 7) is 2.90. The highest BCUT2D eigenvalue weighted by Crippen LogP contribution is 2.36. The first-order valence-electron chi connectivity index (χ1n) is 6.38. The quantitative estimate of drug-likeness (QED) is 0.753. The Labute approximate surface area is 121 Å². The van der Waals surface area contributed by atoms with Crippen molar-refractivity contribution >= 4 is 28.3 Å². The van der Waals surface area contributed by atoms with Crippen molar-refractivity contribution < 1.29 is 4.79 Å². The molecule has 0 unspecified atom stereocenters. The molecule has 0 bridgehead atoms. The molecule has 0 atom stereocenters. The first-order chi connectivity index (χ1) is 9.72. The highest BCUT2D eigenvalue weighted by Gasteiger charge is 2.14. The number of nitrogens with one attached hydrogen (secondary N) is 2. The minimum absolute atomic E-state index is 0.0421. The van der Waals surface area contributed by atoms with E-state index in [1.54, 1.807) is 12.4 Å². The number of aromatic nitrogens is 2. The summed E-state index contributed by atoms with van der Waals surface area (Å²) in [7, 11) is 0. The van der Waals surface area contributed by atoms with Gasteiger partial charge in [-0.3, -0.25) is 9.78 Å². The molecule has 20 heavy (non-hydrogen) atoms. The van der Waals surface area contributed by atoms with Gasteiger partial charge in [-0.1, -0.05) is 6.92 Å². The van der Waals surface area contributed by atoms with E-state index in [0.29, 0.717) is 12.4 Å². The Morgan fingerprint density at radius 3 is 2.85 bits per heavy atom. The van der Waals surface area contributed by atoms with Crippen LogP contribution in [0.5, 0.6) is 0 Å². The molecular weight excluding hydrogens is 274 g/mol. The third-order valence-corrected chi connectivity index (χ3v) is 3.49. The van der Waals surface area contributed by atoms with Gasteiger partial charge in [0.15, 0.2) is 0 Å². The van der Waals surface area contributed by atoms with Crippen LogP contribution in [0.2, 0.25) is 0 Å². The lowest BCUT2D eigenvalue weighted by atomic mass is 10.1. The van der Waals surface area contributed by atoms with Crippen molar-refractivity contribution in [1.82, 2.24) is 14.7 Å². The van der Waals surface area contributed by atoms with Crippen LogP contribution in [0.25, 0.3) is 11.1 Å². The van der Waals surface area contributed by atoms with Crippen molar-refractivity contribution in [2.45, 2.75) is 13.3 Å². The second-order valence-corrected chi connectivity index (χ2v) is 4.98. The van der Waals surface area contributed by atoms with E-state index < -0.39 is 0 Å². The number of carbonyl (C=O) groups is 1. The van der Waals surface area contributed by atoms with E-state index in [4.69, 9.17) is 5.73 Å². The van der Waals surface area contributed by atoms with Crippen molar-refractivity contribution in [2.75, 3.05) is 24.1 Å². The zero-order chi connectivity index (χ0) is 14.4. The largest absolute Gasteiger partial charge is 0.382 e. The molecule has 0 saturated heterocycles. The predicted molar refractivity (Wildman–Crippen MR) is 81.5 cm³/mol. The molecule has 0 saturated carbocycles. The molecule has 0 aromatic carbocycles. The molecule has 0 aliphatic carbocycles. The summed E-state index contributed by atoms with van der Waals surface area (Å²) in [6, 6.07) is 3.73. The highest BCUT2D eigenvalue weighted by atomic mass is 32.1. The second-order valence-electron chi connectivity index (χ2n) is 4.21. The van der Waals surface area contributed by atoms with Crippen molar-refractivity contribution in [3.63, 3.8) is 0 Å². The van der Waals surface area contributed by atoms with E-state index in [2.05, 4.69) is 20.0 Å².